The van der Waals surface area contributed by atoms with Crippen LogP contribution >= 0.6 is 11.3 Å². The molecule has 0 bridgehead atoms. The molecular weight excluding hydrogens is 498 g/mol. The molecule has 6 nitrogen and oxygen atoms in total. The van der Waals surface area contributed by atoms with E-state index in [0.717, 1.165) is 79.5 Å². The SMILES string of the molecule is CCCc1cc(-c2nc3c(s2)CCCO3)ccc1OCCCOc1ccc2c(c1)CC[C@H]2CC(=O)OCC. The van der Waals surface area contributed by atoms with Gasteiger partial charge in [-0.3, -0.25) is 4.79 Å². The standard InChI is InChI=1S/C31H37NO5S/c1-3-7-23-18-24(31-32-30-28(38-31)8-5-15-37-30)11-14-27(23)36-17-6-16-35-25-12-13-26-21(19-25)9-10-22(26)20-29(33)34-4-2/h11-14,18-19,22H,3-10,15-17,20H2,1-2H3/t22-/m0/s1. The maximum absolute atomic E-state index is 11.9. The molecule has 7 heteroatoms. The number of nitrogens with zero attached hydrogens (tertiary/aromatic N) is 1. The Bertz CT molecular complexity index is 1230. The molecule has 0 saturated heterocycles. The number of fused-ring (bicyclic) bond motifs is 2. The summed E-state index contributed by atoms with van der Waals surface area (Å²) in [4.78, 5) is 17.9. The van der Waals surface area contributed by atoms with Gasteiger partial charge in [0.2, 0.25) is 5.88 Å². The van der Waals surface area contributed by atoms with Gasteiger partial charge >= 0.3 is 5.97 Å². The van der Waals surface area contributed by atoms with Gasteiger partial charge in [0, 0.05) is 12.0 Å². The summed E-state index contributed by atoms with van der Waals surface area (Å²) in [5, 5.41) is 1.02. The first-order valence-corrected chi connectivity index (χ1v) is 14.8. The van der Waals surface area contributed by atoms with Gasteiger partial charge in [-0.2, -0.15) is 0 Å². The van der Waals surface area contributed by atoms with Crippen LogP contribution in [0.1, 0.15) is 73.4 Å². The summed E-state index contributed by atoms with van der Waals surface area (Å²) in [6.45, 7) is 6.43. The minimum atomic E-state index is -0.112. The number of aromatic nitrogens is 1. The number of rotatable bonds is 12. The van der Waals surface area contributed by atoms with E-state index in [9.17, 15) is 4.79 Å². The van der Waals surface area contributed by atoms with Gasteiger partial charge in [-0.05, 0) is 92.0 Å². The van der Waals surface area contributed by atoms with Crippen LogP contribution in [-0.2, 0) is 28.8 Å². The van der Waals surface area contributed by atoms with Crippen LogP contribution in [0.5, 0.6) is 17.4 Å². The highest BCUT2D eigenvalue weighted by molar-refractivity contribution is 7.15. The van der Waals surface area contributed by atoms with E-state index in [0.29, 0.717) is 26.2 Å². The van der Waals surface area contributed by atoms with E-state index >= 15 is 0 Å². The highest BCUT2D eigenvalue weighted by Crippen LogP contribution is 2.38. The van der Waals surface area contributed by atoms with Crippen LogP contribution < -0.4 is 14.2 Å². The van der Waals surface area contributed by atoms with E-state index in [1.54, 1.807) is 11.3 Å². The summed E-state index contributed by atoms with van der Waals surface area (Å²) in [6.07, 6.45) is 7.37. The van der Waals surface area contributed by atoms with Crippen LogP contribution in [0.3, 0.4) is 0 Å². The highest BCUT2D eigenvalue weighted by atomic mass is 32.1. The van der Waals surface area contributed by atoms with Crippen LogP contribution in [0, 0.1) is 0 Å². The highest BCUT2D eigenvalue weighted by Gasteiger charge is 2.25. The van der Waals surface area contributed by atoms with Crippen LogP contribution in [0.2, 0.25) is 0 Å². The Morgan fingerprint density at radius 3 is 2.84 bits per heavy atom. The number of carbonyl (C=O) groups is 1. The molecule has 0 spiro atoms. The number of esters is 1. The van der Waals surface area contributed by atoms with Gasteiger partial charge in [-0.1, -0.05) is 19.4 Å². The third-order valence-electron chi connectivity index (χ3n) is 7.12. The number of aryl methyl sites for hydroxylation is 3. The maximum atomic E-state index is 11.9. The molecule has 0 radical (unpaired) electrons. The number of thiazole rings is 1. The predicted octanol–water partition coefficient (Wildman–Crippen LogP) is 6.92. The second-order valence-corrected chi connectivity index (χ2v) is 11.0. The van der Waals surface area contributed by atoms with E-state index < -0.39 is 0 Å². The number of ether oxygens (including phenoxy) is 4. The smallest absolute Gasteiger partial charge is 0.306 e. The summed E-state index contributed by atoms with van der Waals surface area (Å²) in [5.41, 5.74) is 4.89. The molecule has 2 heterocycles. The lowest BCUT2D eigenvalue weighted by molar-refractivity contribution is -0.143. The first kappa shape index (κ1) is 26.5. The lowest BCUT2D eigenvalue weighted by Crippen LogP contribution is -2.08. The molecule has 0 N–H and O–H groups in total. The van der Waals surface area contributed by atoms with E-state index in [1.807, 2.05) is 13.0 Å². The second kappa shape index (κ2) is 12.7. The molecule has 1 aliphatic carbocycles. The van der Waals surface area contributed by atoms with Crippen molar-refractivity contribution in [1.29, 1.82) is 0 Å². The van der Waals surface area contributed by atoms with Gasteiger partial charge in [-0.25, -0.2) is 4.98 Å². The fourth-order valence-electron chi connectivity index (χ4n) is 5.29. The third kappa shape index (κ3) is 6.32. The molecule has 1 atom stereocenters. The molecule has 3 aromatic rings. The first-order chi connectivity index (χ1) is 18.6. The molecule has 0 amide bonds. The summed E-state index contributed by atoms with van der Waals surface area (Å²) >= 11 is 1.74. The van der Waals surface area contributed by atoms with Gasteiger partial charge in [0.15, 0.2) is 0 Å². The average Bonchev–Trinajstić information content (AvgIpc) is 3.53. The number of carbonyl (C=O) groups excluding carboxylic acids is 1. The lowest BCUT2D eigenvalue weighted by atomic mass is 9.98. The minimum absolute atomic E-state index is 0.112. The van der Waals surface area contributed by atoms with Crippen LogP contribution in [0.4, 0.5) is 0 Å². The maximum Gasteiger partial charge on any atom is 0.306 e. The fourth-order valence-corrected chi connectivity index (χ4v) is 6.33. The van der Waals surface area contributed by atoms with Crippen molar-refractivity contribution in [1.82, 2.24) is 4.98 Å². The Morgan fingerprint density at radius 2 is 2.00 bits per heavy atom. The summed E-state index contributed by atoms with van der Waals surface area (Å²) < 4.78 is 23.1. The molecule has 202 valence electrons. The average molecular weight is 536 g/mol. The summed E-state index contributed by atoms with van der Waals surface area (Å²) in [5.74, 6) is 2.78. The second-order valence-electron chi connectivity index (χ2n) is 9.93. The van der Waals surface area contributed by atoms with Crippen molar-refractivity contribution < 1.29 is 23.7 Å². The predicted molar refractivity (Wildman–Crippen MR) is 150 cm³/mol. The van der Waals surface area contributed by atoms with Crippen LogP contribution in [0.25, 0.3) is 10.6 Å². The number of hydrogen-bond acceptors (Lipinski definition) is 7. The monoisotopic (exact) mass is 535 g/mol. The Labute approximate surface area is 229 Å². The van der Waals surface area contributed by atoms with Gasteiger partial charge in [0.25, 0.3) is 0 Å². The van der Waals surface area contributed by atoms with Crippen molar-refractivity contribution in [2.45, 2.75) is 71.1 Å². The zero-order valence-corrected chi connectivity index (χ0v) is 23.2. The normalized spacial score (nSPS) is 15.9. The largest absolute Gasteiger partial charge is 0.493 e. The van der Waals surface area contributed by atoms with Crippen molar-refractivity contribution in [3.05, 3.63) is 58.0 Å². The topological polar surface area (TPSA) is 66.9 Å². The molecule has 0 saturated carbocycles. The quantitative estimate of drug-likeness (QED) is 0.185. The molecule has 5 rings (SSSR count). The van der Waals surface area contributed by atoms with Crippen molar-refractivity contribution in [3.63, 3.8) is 0 Å². The van der Waals surface area contributed by atoms with E-state index in [4.69, 9.17) is 23.9 Å². The molecule has 38 heavy (non-hydrogen) atoms. The Morgan fingerprint density at radius 1 is 1.11 bits per heavy atom. The summed E-state index contributed by atoms with van der Waals surface area (Å²) in [6, 6.07) is 12.7. The zero-order chi connectivity index (χ0) is 26.3. The molecule has 0 unspecified atom stereocenters. The van der Waals surface area contributed by atoms with Crippen molar-refractivity contribution in [3.8, 4) is 28.0 Å². The molecule has 0 fully saturated rings. The van der Waals surface area contributed by atoms with Gasteiger partial charge < -0.3 is 18.9 Å². The van der Waals surface area contributed by atoms with Crippen LogP contribution in [0.15, 0.2) is 36.4 Å². The van der Waals surface area contributed by atoms with Crippen molar-refractivity contribution in [2.24, 2.45) is 0 Å². The lowest BCUT2D eigenvalue weighted by Gasteiger charge is -2.14. The molecule has 1 aliphatic heterocycles. The molecule has 2 aliphatic rings. The third-order valence-corrected chi connectivity index (χ3v) is 8.27. The number of benzene rings is 2. The van der Waals surface area contributed by atoms with Gasteiger partial charge in [0.1, 0.15) is 16.5 Å². The Kier molecular flexibility index (Phi) is 8.84. The van der Waals surface area contributed by atoms with Gasteiger partial charge in [-0.15, -0.1) is 11.3 Å². The fraction of sp³-hybridized carbons (Fsp3) is 0.484. The number of hydrogen-bond donors (Lipinski definition) is 0. The van der Waals surface area contributed by atoms with Gasteiger partial charge in [0.05, 0.1) is 37.7 Å². The Balaban J connectivity index is 1.12. The summed E-state index contributed by atoms with van der Waals surface area (Å²) in [7, 11) is 0. The zero-order valence-electron chi connectivity index (χ0n) is 22.4. The van der Waals surface area contributed by atoms with E-state index in [2.05, 4.69) is 37.3 Å². The minimum Gasteiger partial charge on any atom is -0.493 e. The van der Waals surface area contributed by atoms with Crippen LogP contribution in [-0.4, -0.2) is 37.4 Å². The Hall–Kier alpha value is -3.06. The van der Waals surface area contributed by atoms with E-state index in [-0.39, 0.29) is 11.9 Å². The molecule has 1 aromatic heterocycles. The van der Waals surface area contributed by atoms with Crippen molar-refractivity contribution in [2.75, 3.05) is 26.4 Å². The van der Waals surface area contributed by atoms with E-state index in [1.165, 1.54) is 21.6 Å². The van der Waals surface area contributed by atoms with Crippen molar-refractivity contribution >= 4 is 17.3 Å². The first-order valence-electron chi connectivity index (χ1n) is 13.9. The molecule has 2 aromatic carbocycles. The molecular formula is C31H37NO5S.